The topological polar surface area (TPSA) is 97.0 Å². The number of aliphatic hydroxyl groups is 1. The number of hydrogen-bond donors (Lipinski definition) is 2. The Morgan fingerprint density at radius 1 is 1.13 bits per heavy atom. The number of fused-ring (bicyclic) bond motifs is 1. The van der Waals surface area contributed by atoms with E-state index in [2.05, 4.69) is 23.3 Å². The molecule has 2 N–H and O–H groups in total. The van der Waals surface area contributed by atoms with E-state index >= 15 is 0 Å². The standard InChI is InChI=1S/C23H29N3O5/c27-22(28)20-5-8-26(24-20)23(29)25-13-16-11-18(12-17(16)14-25)31-21-4-2-1-3-19(21)15-6-9-30-10-7-15/h1-5,8,15-18,23,29H,6-7,9-14H2,(H,27,28)/t16-,17+,18+,23-/m1/s1. The maximum atomic E-state index is 11.0. The fourth-order valence-corrected chi connectivity index (χ4v) is 5.43. The first kappa shape index (κ1) is 20.5. The van der Waals surface area contributed by atoms with Crippen molar-refractivity contribution in [2.45, 2.75) is 44.1 Å². The summed E-state index contributed by atoms with van der Waals surface area (Å²) in [5.41, 5.74) is 1.24. The third kappa shape index (κ3) is 4.20. The van der Waals surface area contributed by atoms with Crippen molar-refractivity contribution in [3.8, 4) is 5.75 Å². The first-order valence-electron chi connectivity index (χ1n) is 11.1. The van der Waals surface area contributed by atoms with E-state index < -0.39 is 12.3 Å². The van der Waals surface area contributed by atoms with Crippen LogP contribution in [0.3, 0.4) is 0 Å². The third-order valence-electron chi connectivity index (χ3n) is 7.00. The van der Waals surface area contributed by atoms with Gasteiger partial charge in [-0.3, -0.25) is 4.90 Å². The summed E-state index contributed by atoms with van der Waals surface area (Å²) in [6.07, 6.45) is 4.79. The van der Waals surface area contributed by atoms with Crippen molar-refractivity contribution in [2.24, 2.45) is 11.8 Å². The van der Waals surface area contributed by atoms with Gasteiger partial charge < -0.3 is 19.7 Å². The minimum atomic E-state index is -1.09. The van der Waals surface area contributed by atoms with E-state index in [-0.39, 0.29) is 11.8 Å². The lowest BCUT2D eigenvalue weighted by Crippen LogP contribution is -2.33. The van der Waals surface area contributed by atoms with Gasteiger partial charge in [0.15, 0.2) is 5.69 Å². The Bertz CT molecular complexity index is 911. The van der Waals surface area contributed by atoms with E-state index in [1.165, 1.54) is 22.5 Å². The first-order chi connectivity index (χ1) is 15.1. The summed E-state index contributed by atoms with van der Waals surface area (Å²) in [5, 5.41) is 23.6. The largest absolute Gasteiger partial charge is 0.490 e. The summed E-state index contributed by atoms with van der Waals surface area (Å²) in [6.45, 7) is 3.15. The van der Waals surface area contributed by atoms with Crippen LogP contribution in [0.15, 0.2) is 36.5 Å². The predicted octanol–water partition coefficient (Wildman–Crippen LogP) is 2.71. The second-order valence-electron chi connectivity index (χ2n) is 8.94. The van der Waals surface area contributed by atoms with E-state index in [9.17, 15) is 9.90 Å². The second-order valence-corrected chi connectivity index (χ2v) is 8.94. The number of carboxylic acids is 1. The molecule has 0 bridgehead atoms. The fourth-order valence-electron chi connectivity index (χ4n) is 5.43. The number of likely N-dealkylation sites (tertiary alicyclic amines) is 1. The molecule has 1 aromatic heterocycles. The summed E-state index contributed by atoms with van der Waals surface area (Å²) in [7, 11) is 0. The Morgan fingerprint density at radius 2 is 1.84 bits per heavy atom. The molecule has 0 amide bonds. The molecule has 1 saturated carbocycles. The van der Waals surface area contributed by atoms with Crippen molar-refractivity contribution in [2.75, 3.05) is 26.3 Å². The maximum absolute atomic E-state index is 11.0. The average Bonchev–Trinajstić information content (AvgIpc) is 3.49. The molecule has 3 fully saturated rings. The monoisotopic (exact) mass is 427 g/mol. The van der Waals surface area contributed by atoms with Crippen molar-refractivity contribution >= 4 is 5.97 Å². The van der Waals surface area contributed by atoms with Crippen LogP contribution in [-0.4, -0.2) is 63.3 Å². The lowest BCUT2D eigenvalue weighted by atomic mass is 9.91. The summed E-state index contributed by atoms with van der Waals surface area (Å²) >= 11 is 0. The van der Waals surface area contributed by atoms with Gasteiger partial charge in [-0.1, -0.05) is 18.2 Å². The van der Waals surface area contributed by atoms with Crippen LogP contribution in [0.4, 0.5) is 0 Å². The quantitative estimate of drug-likeness (QED) is 0.732. The van der Waals surface area contributed by atoms with Crippen molar-refractivity contribution in [3.63, 3.8) is 0 Å². The lowest BCUT2D eigenvalue weighted by Gasteiger charge is -2.27. The number of hydrogen-bond acceptors (Lipinski definition) is 6. The number of aromatic carboxylic acids is 1. The number of carbonyl (C=O) groups is 1. The highest BCUT2D eigenvalue weighted by molar-refractivity contribution is 5.85. The minimum Gasteiger partial charge on any atom is -0.490 e. The van der Waals surface area contributed by atoms with Crippen LogP contribution in [0.2, 0.25) is 0 Å². The van der Waals surface area contributed by atoms with Gasteiger partial charge in [-0.2, -0.15) is 5.10 Å². The van der Waals surface area contributed by atoms with Gasteiger partial charge in [0.25, 0.3) is 0 Å². The molecule has 3 aliphatic rings. The molecule has 1 aromatic carbocycles. The van der Waals surface area contributed by atoms with Gasteiger partial charge in [-0.05, 0) is 61.1 Å². The molecule has 2 aliphatic heterocycles. The molecule has 1 aliphatic carbocycles. The Labute approximate surface area is 181 Å². The van der Waals surface area contributed by atoms with E-state index in [1.54, 1.807) is 0 Å². The molecule has 0 radical (unpaired) electrons. The van der Waals surface area contributed by atoms with Crippen molar-refractivity contribution in [1.29, 1.82) is 0 Å². The molecule has 8 heteroatoms. The average molecular weight is 428 g/mol. The van der Waals surface area contributed by atoms with Gasteiger partial charge >= 0.3 is 5.97 Å². The van der Waals surface area contributed by atoms with Crippen LogP contribution in [0.25, 0.3) is 0 Å². The molecule has 166 valence electrons. The Hall–Kier alpha value is -2.42. The summed E-state index contributed by atoms with van der Waals surface area (Å²) in [5.74, 6) is 1.34. The highest BCUT2D eigenvalue weighted by atomic mass is 16.5. The number of benzene rings is 1. The van der Waals surface area contributed by atoms with E-state index in [1.807, 2.05) is 11.0 Å². The molecular formula is C23H29N3O5. The smallest absolute Gasteiger partial charge is 0.356 e. The van der Waals surface area contributed by atoms with Gasteiger partial charge in [-0.25, -0.2) is 9.48 Å². The Kier molecular flexibility index (Phi) is 5.69. The minimum absolute atomic E-state index is 0.0601. The van der Waals surface area contributed by atoms with Crippen LogP contribution < -0.4 is 4.74 Å². The van der Waals surface area contributed by atoms with E-state index in [0.717, 1.165) is 57.7 Å². The van der Waals surface area contributed by atoms with Crippen molar-refractivity contribution in [1.82, 2.24) is 14.7 Å². The number of para-hydroxylation sites is 1. The van der Waals surface area contributed by atoms with Crippen LogP contribution in [-0.2, 0) is 4.74 Å². The fraction of sp³-hybridized carbons (Fsp3) is 0.565. The van der Waals surface area contributed by atoms with Gasteiger partial charge in [0.2, 0.25) is 6.35 Å². The Balaban J connectivity index is 1.19. The number of aromatic nitrogens is 2. The number of rotatable bonds is 6. The van der Waals surface area contributed by atoms with Crippen molar-refractivity contribution < 1.29 is 24.5 Å². The zero-order valence-corrected chi connectivity index (χ0v) is 17.5. The summed E-state index contributed by atoms with van der Waals surface area (Å²) in [4.78, 5) is 13.0. The molecule has 0 unspecified atom stereocenters. The van der Waals surface area contributed by atoms with Gasteiger partial charge in [0.05, 0.1) is 6.10 Å². The van der Waals surface area contributed by atoms with Crippen LogP contribution in [0.1, 0.15) is 54.0 Å². The predicted molar refractivity (Wildman–Crippen MR) is 112 cm³/mol. The molecule has 31 heavy (non-hydrogen) atoms. The number of carboxylic acid groups (broad SMARTS) is 1. The molecule has 4 atom stereocenters. The highest BCUT2D eigenvalue weighted by Crippen LogP contribution is 2.42. The van der Waals surface area contributed by atoms with Crippen LogP contribution in [0.5, 0.6) is 5.75 Å². The number of aliphatic hydroxyl groups excluding tert-OH is 1. The Morgan fingerprint density at radius 3 is 2.52 bits per heavy atom. The number of ether oxygens (including phenoxy) is 2. The van der Waals surface area contributed by atoms with Gasteiger partial charge in [0, 0.05) is 32.5 Å². The molecule has 8 nitrogen and oxygen atoms in total. The zero-order valence-electron chi connectivity index (χ0n) is 17.5. The molecule has 3 heterocycles. The first-order valence-corrected chi connectivity index (χ1v) is 11.1. The lowest BCUT2D eigenvalue weighted by molar-refractivity contribution is -0.0558. The van der Waals surface area contributed by atoms with Gasteiger partial charge in [-0.15, -0.1) is 0 Å². The summed E-state index contributed by atoms with van der Waals surface area (Å²) < 4.78 is 13.3. The van der Waals surface area contributed by atoms with Crippen LogP contribution in [0, 0.1) is 11.8 Å². The van der Waals surface area contributed by atoms with E-state index in [4.69, 9.17) is 14.6 Å². The molecule has 2 aromatic rings. The maximum Gasteiger partial charge on any atom is 0.356 e. The molecular weight excluding hydrogens is 398 g/mol. The van der Waals surface area contributed by atoms with Gasteiger partial charge in [0.1, 0.15) is 5.75 Å². The van der Waals surface area contributed by atoms with Crippen LogP contribution >= 0.6 is 0 Å². The molecule has 0 spiro atoms. The van der Waals surface area contributed by atoms with Crippen molar-refractivity contribution in [3.05, 3.63) is 47.8 Å². The normalized spacial score (nSPS) is 27.8. The molecule has 2 saturated heterocycles. The zero-order chi connectivity index (χ0) is 21.4. The van der Waals surface area contributed by atoms with E-state index in [0.29, 0.717) is 17.8 Å². The molecule has 5 rings (SSSR count). The SMILES string of the molecule is O=C(O)c1ccn([C@H](O)N2C[C@H]3C[C@H](Oc4ccccc4C4CCOCC4)C[C@H]3C2)n1. The second kappa shape index (κ2) is 8.61. The number of nitrogens with zero attached hydrogens (tertiary/aromatic N) is 3. The highest BCUT2D eigenvalue weighted by Gasteiger charge is 2.44. The third-order valence-corrected chi connectivity index (χ3v) is 7.00. The summed E-state index contributed by atoms with van der Waals surface area (Å²) in [6, 6.07) is 9.82.